The van der Waals surface area contributed by atoms with Gasteiger partial charge in [-0.3, -0.25) is 4.90 Å². The van der Waals surface area contributed by atoms with E-state index >= 15 is 0 Å². The smallest absolute Gasteiger partial charge is 0.162 e. The Kier molecular flexibility index (Phi) is 3.43. The maximum atomic E-state index is 10.9. The Morgan fingerprint density at radius 2 is 2.04 bits per heavy atom. The monoisotopic (exact) mass is 327 g/mol. The van der Waals surface area contributed by atoms with E-state index in [0.717, 1.165) is 30.7 Å². The molecule has 0 radical (unpaired) electrons. The van der Waals surface area contributed by atoms with Gasteiger partial charge in [0.05, 0.1) is 20.0 Å². The summed E-state index contributed by atoms with van der Waals surface area (Å²) in [4.78, 5) is 2.44. The molecule has 1 aliphatic heterocycles. The maximum absolute atomic E-state index is 10.9. The zero-order valence-corrected chi connectivity index (χ0v) is 14.8. The highest BCUT2D eigenvalue weighted by Gasteiger charge is 2.51. The number of likely N-dealkylation sites (tertiary alicyclic amines) is 1. The first-order valence-electron chi connectivity index (χ1n) is 8.60. The van der Waals surface area contributed by atoms with Gasteiger partial charge in [0, 0.05) is 22.9 Å². The molecule has 3 atom stereocenters. The summed E-state index contributed by atoms with van der Waals surface area (Å²) in [5.74, 6) is 2.08. The average molecular weight is 327 g/mol. The van der Waals surface area contributed by atoms with Crippen LogP contribution in [0.3, 0.4) is 0 Å². The van der Waals surface area contributed by atoms with Crippen LogP contribution in [0.25, 0.3) is 0 Å². The van der Waals surface area contributed by atoms with Crippen LogP contribution in [-0.2, 0) is 16.6 Å². The van der Waals surface area contributed by atoms with Crippen molar-refractivity contribution in [1.82, 2.24) is 4.90 Å². The van der Waals surface area contributed by atoms with Gasteiger partial charge in [0.2, 0.25) is 0 Å². The Labute approximate surface area is 143 Å². The normalized spacial score (nSPS) is 31.5. The van der Waals surface area contributed by atoms with Crippen molar-refractivity contribution in [2.24, 2.45) is 5.92 Å². The van der Waals surface area contributed by atoms with Gasteiger partial charge < -0.3 is 14.6 Å². The molecule has 0 unspecified atom stereocenters. The molecular weight excluding hydrogens is 302 g/mol. The van der Waals surface area contributed by atoms with Crippen molar-refractivity contribution in [2.75, 3.05) is 27.8 Å². The second kappa shape index (κ2) is 5.28. The van der Waals surface area contributed by atoms with E-state index < -0.39 is 0 Å². The highest BCUT2D eigenvalue weighted by Crippen LogP contribution is 2.56. The van der Waals surface area contributed by atoms with Gasteiger partial charge in [-0.15, -0.1) is 0 Å². The van der Waals surface area contributed by atoms with Crippen LogP contribution in [0, 0.1) is 5.92 Å². The van der Waals surface area contributed by atoms with Crippen LogP contribution in [-0.4, -0.2) is 43.9 Å². The fraction of sp³-hybridized carbons (Fsp3) is 0.500. The summed E-state index contributed by atoms with van der Waals surface area (Å²) in [6.45, 7) is 3.17. The SMILES string of the molecule is COC1=C[C@@]23CCN(C)[C@@H](Cc4ccc(OC)c(O)c42)C3=C[C@H]1C. The topological polar surface area (TPSA) is 41.9 Å². The Bertz CT molecular complexity index is 751. The predicted molar refractivity (Wildman–Crippen MR) is 93.4 cm³/mol. The molecule has 4 heteroatoms. The fourth-order valence-electron chi connectivity index (χ4n) is 4.84. The molecule has 1 fully saturated rings. The summed E-state index contributed by atoms with van der Waals surface area (Å²) in [6, 6.07) is 4.37. The zero-order chi connectivity index (χ0) is 17.1. The number of hydrogen-bond donors (Lipinski definition) is 1. The lowest BCUT2D eigenvalue weighted by Gasteiger charge is -2.53. The van der Waals surface area contributed by atoms with Crippen molar-refractivity contribution in [3.8, 4) is 11.5 Å². The number of rotatable bonds is 2. The minimum absolute atomic E-state index is 0.265. The molecule has 2 aliphatic carbocycles. The Morgan fingerprint density at radius 1 is 1.25 bits per heavy atom. The molecule has 1 saturated heterocycles. The number of aromatic hydroxyl groups is 1. The van der Waals surface area contributed by atoms with Crippen molar-refractivity contribution in [3.05, 3.63) is 46.7 Å². The number of benzene rings is 1. The Hall–Kier alpha value is -1.94. The highest BCUT2D eigenvalue weighted by atomic mass is 16.5. The number of methoxy groups -OCH3 is 2. The van der Waals surface area contributed by atoms with Gasteiger partial charge in [-0.05, 0) is 49.7 Å². The van der Waals surface area contributed by atoms with Crippen molar-refractivity contribution in [3.63, 3.8) is 0 Å². The second-order valence-electron chi connectivity index (χ2n) is 7.23. The largest absolute Gasteiger partial charge is 0.504 e. The molecule has 4 rings (SSSR count). The van der Waals surface area contributed by atoms with Crippen molar-refractivity contribution in [1.29, 1.82) is 0 Å². The van der Waals surface area contributed by atoms with Crippen molar-refractivity contribution in [2.45, 2.75) is 31.2 Å². The lowest BCUT2D eigenvalue weighted by atomic mass is 9.58. The standard InChI is InChI=1S/C20H25NO3/c1-12-9-14-15-10-13-5-6-16(23-3)19(22)18(13)20(14,7-8-21(15)2)11-17(12)24-4/h5-6,9,11-12,15,22H,7-8,10H2,1-4H3/t12-,15+,20-/m1/s1. The van der Waals surface area contributed by atoms with Gasteiger partial charge in [0.15, 0.2) is 11.5 Å². The summed E-state index contributed by atoms with van der Waals surface area (Å²) < 4.78 is 11.1. The summed E-state index contributed by atoms with van der Waals surface area (Å²) in [7, 11) is 5.54. The number of ether oxygens (including phenoxy) is 2. The third kappa shape index (κ3) is 1.89. The second-order valence-corrected chi connectivity index (χ2v) is 7.23. The van der Waals surface area contributed by atoms with Crippen molar-refractivity contribution < 1.29 is 14.6 Å². The number of piperidine rings is 1. The molecule has 0 aromatic heterocycles. The van der Waals surface area contributed by atoms with E-state index in [1.54, 1.807) is 14.2 Å². The zero-order valence-electron chi connectivity index (χ0n) is 14.8. The number of phenols is 1. The van der Waals surface area contributed by atoms with Crippen LogP contribution in [0.5, 0.6) is 11.5 Å². The summed E-state index contributed by atoms with van der Waals surface area (Å²) in [5, 5.41) is 10.9. The molecule has 1 heterocycles. The molecule has 1 aromatic carbocycles. The number of fused-ring (bicyclic) bond motifs is 1. The molecule has 2 bridgehead atoms. The molecule has 24 heavy (non-hydrogen) atoms. The molecular formula is C20H25NO3. The number of allylic oxidation sites excluding steroid dienone is 2. The number of hydrogen-bond acceptors (Lipinski definition) is 4. The number of likely N-dealkylation sites (N-methyl/N-ethyl adjacent to an activating group) is 1. The molecule has 128 valence electrons. The van der Waals surface area contributed by atoms with Gasteiger partial charge in [-0.25, -0.2) is 0 Å². The molecule has 0 spiro atoms. The molecule has 0 amide bonds. The first-order valence-corrected chi connectivity index (χ1v) is 8.60. The van der Waals surface area contributed by atoms with Crippen molar-refractivity contribution >= 4 is 0 Å². The van der Waals surface area contributed by atoms with E-state index in [9.17, 15) is 5.11 Å². The van der Waals surface area contributed by atoms with E-state index in [1.165, 1.54) is 11.1 Å². The van der Waals surface area contributed by atoms with Crippen LogP contribution in [0.15, 0.2) is 35.6 Å². The molecule has 1 N–H and O–H groups in total. The quantitative estimate of drug-likeness (QED) is 0.848. The minimum Gasteiger partial charge on any atom is -0.504 e. The van der Waals surface area contributed by atoms with E-state index in [4.69, 9.17) is 9.47 Å². The molecule has 1 aromatic rings. The summed E-state index contributed by atoms with van der Waals surface area (Å²) in [6.07, 6.45) is 6.48. The average Bonchev–Trinajstić information content (AvgIpc) is 2.58. The van der Waals surface area contributed by atoms with Crippen LogP contribution in [0.2, 0.25) is 0 Å². The highest BCUT2D eigenvalue weighted by molar-refractivity contribution is 5.64. The predicted octanol–water partition coefficient (Wildman–Crippen LogP) is 3.01. The van der Waals surface area contributed by atoms with Gasteiger partial charge in [-0.2, -0.15) is 0 Å². The maximum Gasteiger partial charge on any atom is 0.162 e. The Balaban J connectivity index is 2.01. The van der Waals surface area contributed by atoms with Crippen LogP contribution in [0.1, 0.15) is 24.5 Å². The molecule has 0 saturated carbocycles. The lowest BCUT2D eigenvalue weighted by molar-refractivity contribution is 0.171. The van der Waals surface area contributed by atoms with Crippen LogP contribution >= 0.6 is 0 Å². The van der Waals surface area contributed by atoms with E-state index in [0.29, 0.717) is 11.8 Å². The van der Waals surface area contributed by atoms with E-state index in [-0.39, 0.29) is 17.1 Å². The van der Waals surface area contributed by atoms with Gasteiger partial charge in [0.1, 0.15) is 0 Å². The van der Waals surface area contributed by atoms with Crippen LogP contribution in [0.4, 0.5) is 0 Å². The van der Waals surface area contributed by atoms with Gasteiger partial charge in [-0.1, -0.05) is 19.1 Å². The first kappa shape index (κ1) is 15.6. The number of phenolic OH excluding ortho intramolecular Hbond substituents is 1. The Morgan fingerprint density at radius 3 is 2.75 bits per heavy atom. The fourth-order valence-corrected chi connectivity index (χ4v) is 4.84. The summed E-state index contributed by atoms with van der Waals surface area (Å²) >= 11 is 0. The van der Waals surface area contributed by atoms with Gasteiger partial charge in [0.25, 0.3) is 0 Å². The molecule has 3 aliphatic rings. The van der Waals surface area contributed by atoms with Gasteiger partial charge >= 0.3 is 0 Å². The lowest BCUT2D eigenvalue weighted by Crippen LogP contribution is -2.54. The third-order valence-electron chi connectivity index (χ3n) is 6.07. The minimum atomic E-state index is -0.277. The number of nitrogens with zero attached hydrogens (tertiary/aromatic N) is 1. The summed E-state index contributed by atoms with van der Waals surface area (Å²) in [5.41, 5.74) is 3.35. The third-order valence-corrected chi connectivity index (χ3v) is 6.07. The van der Waals surface area contributed by atoms with Crippen LogP contribution < -0.4 is 4.74 Å². The first-order chi connectivity index (χ1) is 11.5. The van der Waals surface area contributed by atoms with E-state index in [2.05, 4.69) is 37.1 Å². The molecule has 4 nitrogen and oxygen atoms in total. The van der Waals surface area contributed by atoms with E-state index in [1.807, 2.05) is 6.07 Å².